The molecule has 0 aliphatic carbocycles. The van der Waals surface area contributed by atoms with Crippen molar-refractivity contribution in [1.29, 1.82) is 0 Å². The summed E-state index contributed by atoms with van der Waals surface area (Å²) in [6.45, 7) is 11.8. The highest BCUT2D eigenvalue weighted by Crippen LogP contribution is 2.40. The molecule has 2 fully saturated rings. The average Bonchev–Trinajstić information content (AvgIpc) is 2.81. The molecule has 0 radical (unpaired) electrons. The first kappa shape index (κ1) is 15.7. The molecule has 114 valence electrons. The molecule has 2 aliphatic heterocycles. The molecule has 5 nitrogen and oxygen atoms in total. The standard InChI is InChI=1S/C14H24O5Si/c1-14(2,3)20(4,5)19-10-8-18-12-9(6-11(15)16)7-17-13(10)12/h6,10,12-13H,7-8H2,1-5H3,(H,15,16)/t10-,12-,13-/m1/s1. The second-order valence-electron chi connectivity index (χ2n) is 7.00. The zero-order chi connectivity index (χ0) is 15.1. The molecule has 3 atom stereocenters. The lowest BCUT2D eigenvalue weighted by Gasteiger charge is -2.39. The van der Waals surface area contributed by atoms with E-state index in [9.17, 15) is 4.79 Å². The molecule has 2 saturated heterocycles. The molecule has 2 aliphatic rings. The van der Waals surface area contributed by atoms with Gasteiger partial charge in [-0.15, -0.1) is 0 Å². The van der Waals surface area contributed by atoms with Gasteiger partial charge in [0, 0.05) is 6.08 Å². The minimum absolute atomic E-state index is 0.0967. The van der Waals surface area contributed by atoms with E-state index in [2.05, 4.69) is 33.9 Å². The van der Waals surface area contributed by atoms with Gasteiger partial charge in [-0.1, -0.05) is 20.8 Å². The molecular weight excluding hydrogens is 276 g/mol. The number of hydrogen-bond donors (Lipinski definition) is 1. The Hall–Kier alpha value is -0.693. The van der Waals surface area contributed by atoms with Crippen LogP contribution in [0.4, 0.5) is 0 Å². The van der Waals surface area contributed by atoms with Crippen molar-refractivity contribution in [3.05, 3.63) is 11.6 Å². The molecule has 0 spiro atoms. The summed E-state index contributed by atoms with van der Waals surface area (Å²) in [6.07, 6.45) is 0.663. The van der Waals surface area contributed by atoms with Gasteiger partial charge in [0.25, 0.3) is 0 Å². The van der Waals surface area contributed by atoms with Gasteiger partial charge in [-0.3, -0.25) is 0 Å². The molecule has 1 N–H and O–H groups in total. The van der Waals surface area contributed by atoms with E-state index in [4.69, 9.17) is 19.0 Å². The second kappa shape index (κ2) is 5.25. The normalized spacial score (nSPS) is 32.6. The summed E-state index contributed by atoms with van der Waals surface area (Å²) < 4.78 is 17.7. The summed E-state index contributed by atoms with van der Waals surface area (Å²) >= 11 is 0. The maximum Gasteiger partial charge on any atom is 0.328 e. The first-order valence-corrected chi connectivity index (χ1v) is 9.87. The lowest BCUT2D eigenvalue weighted by atomic mass is 10.1. The maximum absolute atomic E-state index is 10.8. The number of fused-ring (bicyclic) bond motifs is 1. The van der Waals surface area contributed by atoms with Crippen LogP contribution in [0.1, 0.15) is 20.8 Å². The molecule has 0 aromatic carbocycles. The minimum atomic E-state index is -1.88. The van der Waals surface area contributed by atoms with Crippen LogP contribution in [0.2, 0.25) is 18.1 Å². The van der Waals surface area contributed by atoms with Crippen molar-refractivity contribution in [1.82, 2.24) is 0 Å². The monoisotopic (exact) mass is 300 g/mol. The van der Waals surface area contributed by atoms with E-state index in [1.807, 2.05) is 0 Å². The fraction of sp³-hybridized carbons (Fsp3) is 0.786. The second-order valence-corrected chi connectivity index (χ2v) is 11.8. The van der Waals surface area contributed by atoms with Crippen LogP contribution in [-0.4, -0.2) is 50.9 Å². The van der Waals surface area contributed by atoms with Crippen LogP contribution < -0.4 is 0 Å². The lowest BCUT2D eigenvalue weighted by molar-refractivity contribution is -0.131. The van der Waals surface area contributed by atoms with Crippen molar-refractivity contribution < 1.29 is 23.8 Å². The Morgan fingerprint density at radius 1 is 1.40 bits per heavy atom. The Morgan fingerprint density at radius 3 is 2.60 bits per heavy atom. The van der Waals surface area contributed by atoms with Crippen LogP contribution in [0.3, 0.4) is 0 Å². The van der Waals surface area contributed by atoms with E-state index in [0.29, 0.717) is 18.8 Å². The lowest BCUT2D eigenvalue weighted by Crippen LogP contribution is -2.47. The molecule has 0 saturated carbocycles. The SMILES string of the molecule is CC(C)(C)[Si](C)(C)O[C@@H]1CO[C@@H]2C(=CC(=O)O)CO[C@@H]21. The summed E-state index contributed by atoms with van der Waals surface area (Å²) in [4.78, 5) is 10.8. The summed E-state index contributed by atoms with van der Waals surface area (Å²) in [7, 11) is -1.88. The fourth-order valence-electron chi connectivity index (χ4n) is 2.31. The Kier molecular flexibility index (Phi) is 4.12. The topological polar surface area (TPSA) is 65.0 Å². The van der Waals surface area contributed by atoms with Gasteiger partial charge in [-0.25, -0.2) is 4.79 Å². The number of ether oxygens (including phenoxy) is 2. The van der Waals surface area contributed by atoms with Crippen molar-refractivity contribution >= 4 is 14.3 Å². The Morgan fingerprint density at radius 2 is 2.05 bits per heavy atom. The highest BCUT2D eigenvalue weighted by molar-refractivity contribution is 6.74. The smallest absolute Gasteiger partial charge is 0.328 e. The number of carbonyl (C=O) groups is 1. The van der Waals surface area contributed by atoms with Gasteiger partial charge >= 0.3 is 5.97 Å². The third-order valence-corrected chi connectivity index (χ3v) is 8.98. The van der Waals surface area contributed by atoms with E-state index < -0.39 is 14.3 Å². The van der Waals surface area contributed by atoms with E-state index in [1.165, 1.54) is 6.08 Å². The van der Waals surface area contributed by atoms with Crippen LogP contribution in [0.15, 0.2) is 11.6 Å². The summed E-state index contributed by atoms with van der Waals surface area (Å²) in [6, 6.07) is 0. The van der Waals surface area contributed by atoms with E-state index >= 15 is 0 Å². The average molecular weight is 300 g/mol. The molecule has 0 aromatic rings. The van der Waals surface area contributed by atoms with Crippen LogP contribution in [0, 0.1) is 0 Å². The number of aliphatic carboxylic acids is 1. The van der Waals surface area contributed by atoms with Gasteiger partial charge in [0.2, 0.25) is 0 Å². The zero-order valence-electron chi connectivity index (χ0n) is 12.8. The third-order valence-electron chi connectivity index (χ3n) is 4.47. The Bertz CT molecular complexity index is 424. The highest BCUT2D eigenvalue weighted by atomic mass is 28.4. The molecule has 0 aromatic heterocycles. The number of carboxylic acid groups (broad SMARTS) is 1. The number of carboxylic acids is 1. The van der Waals surface area contributed by atoms with Gasteiger partial charge in [0.05, 0.1) is 19.3 Å². The third kappa shape index (κ3) is 2.98. The number of rotatable bonds is 3. The van der Waals surface area contributed by atoms with Gasteiger partial charge < -0.3 is 19.0 Å². The van der Waals surface area contributed by atoms with Gasteiger partial charge in [0.15, 0.2) is 8.32 Å². The number of hydrogen-bond acceptors (Lipinski definition) is 4. The van der Waals surface area contributed by atoms with Gasteiger partial charge in [-0.2, -0.15) is 0 Å². The van der Waals surface area contributed by atoms with Crippen molar-refractivity contribution in [3.63, 3.8) is 0 Å². The van der Waals surface area contributed by atoms with Crippen molar-refractivity contribution in [2.24, 2.45) is 0 Å². The van der Waals surface area contributed by atoms with Crippen LogP contribution in [0.5, 0.6) is 0 Å². The first-order valence-electron chi connectivity index (χ1n) is 6.96. The van der Waals surface area contributed by atoms with E-state index in [0.717, 1.165) is 0 Å². The summed E-state index contributed by atoms with van der Waals surface area (Å²) in [5.41, 5.74) is 0.698. The fourth-order valence-corrected chi connectivity index (χ4v) is 3.62. The molecular formula is C14H24O5Si. The maximum atomic E-state index is 10.8. The molecule has 2 rings (SSSR count). The zero-order valence-corrected chi connectivity index (χ0v) is 13.8. The first-order chi connectivity index (χ1) is 9.12. The molecule has 0 bridgehead atoms. The quantitative estimate of drug-likeness (QED) is 0.639. The van der Waals surface area contributed by atoms with Crippen LogP contribution in [0.25, 0.3) is 0 Å². The molecule has 2 heterocycles. The van der Waals surface area contributed by atoms with Gasteiger partial charge in [0.1, 0.15) is 12.2 Å². The Labute approximate surface area is 121 Å². The molecule has 0 unspecified atom stereocenters. The van der Waals surface area contributed by atoms with Crippen molar-refractivity contribution in [3.8, 4) is 0 Å². The highest BCUT2D eigenvalue weighted by Gasteiger charge is 2.49. The summed E-state index contributed by atoms with van der Waals surface area (Å²) in [5.74, 6) is -0.957. The molecule has 6 heteroatoms. The predicted octanol–water partition coefficient (Wildman–Crippen LogP) is 2.19. The van der Waals surface area contributed by atoms with E-state index in [1.54, 1.807) is 0 Å². The Balaban J connectivity index is 2.07. The molecule has 0 amide bonds. The van der Waals surface area contributed by atoms with Crippen LogP contribution >= 0.6 is 0 Å². The largest absolute Gasteiger partial charge is 0.478 e. The predicted molar refractivity (Wildman–Crippen MR) is 77.3 cm³/mol. The van der Waals surface area contributed by atoms with Gasteiger partial charge in [-0.05, 0) is 23.7 Å². The van der Waals surface area contributed by atoms with Crippen LogP contribution in [-0.2, 0) is 18.7 Å². The summed E-state index contributed by atoms with van der Waals surface area (Å²) in [5, 5.41) is 8.97. The molecule has 20 heavy (non-hydrogen) atoms. The minimum Gasteiger partial charge on any atom is -0.478 e. The van der Waals surface area contributed by atoms with E-state index in [-0.39, 0.29) is 23.4 Å². The van der Waals surface area contributed by atoms with Crippen molar-refractivity contribution in [2.45, 2.75) is 57.2 Å². The van der Waals surface area contributed by atoms with Crippen molar-refractivity contribution in [2.75, 3.05) is 13.2 Å².